The van der Waals surface area contributed by atoms with Gasteiger partial charge in [0.25, 0.3) is 0 Å². The molecule has 5 heteroatoms. The summed E-state index contributed by atoms with van der Waals surface area (Å²) < 4.78 is 7.46. The van der Waals surface area contributed by atoms with E-state index in [1.165, 1.54) is 61.9 Å². The molecule has 4 heterocycles. The van der Waals surface area contributed by atoms with Gasteiger partial charge in [-0.1, -0.05) is 115 Å². The first kappa shape index (κ1) is 25.6. The maximum absolute atomic E-state index is 5.53. The number of aromatic nitrogens is 3. The lowest BCUT2D eigenvalue weighted by molar-refractivity contribution is 1.02. The first-order valence-electron chi connectivity index (χ1n) is 15.8. The summed E-state index contributed by atoms with van der Waals surface area (Å²) in [5, 5.41) is 11.1. The van der Waals surface area contributed by atoms with E-state index in [1.54, 1.807) is 0 Å². The van der Waals surface area contributed by atoms with Crippen molar-refractivity contribution in [1.82, 2.24) is 14.5 Å². The van der Waals surface area contributed by atoms with Crippen LogP contribution in [0.2, 0.25) is 0 Å². The Morgan fingerprint density at radius 2 is 1.06 bits per heavy atom. The van der Waals surface area contributed by atoms with Gasteiger partial charge in [-0.15, -0.1) is 22.7 Å². The van der Waals surface area contributed by atoms with Gasteiger partial charge in [0.1, 0.15) is 0 Å². The Bertz CT molecular complexity index is 3080. The number of fused-ring (bicyclic) bond motifs is 13. The lowest BCUT2D eigenvalue weighted by Crippen LogP contribution is -2.03. The molecule has 0 saturated heterocycles. The van der Waals surface area contributed by atoms with Crippen LogP contribution in [0.3, 0.4) is 0 Å². The fraction of sp³-hybridized carbons (Fsp3) is 0. The average molecular weight is 634 g/mol. The van der Waals surface area contributed by atoms with Crippen molar-refractivity contribution in [3.8, 4) is 17.2 Å². The van der Waals surface area contributed by atoms with Crippen molar-refractivity contribution in [2.45, 2.75) is 0 Å². The van der Waals surface area contributed by atoms with Gasteiger partial charge in [0.2, 0.25) is 5.95 Å². The average Bonchev–Trinajstić information content (AvgIpc) is 3.81. The van der Waals surface area contributed by atoms with E-state index in [1.807, 2.05) is 22.7 Å². The molecule has 218 valence electrons. The second-order valence-corrected chi connectivity index (χ2v) is 14.2. The van der Waals surface area contributed by atoms with Crippen molar-refractivity contribution in [1.29, 1.82) is 0 Å². The molecule has 0 N–H and O–H groups in total. The zero-order valence-corrected chi connectivity index (χ0v) is 26.6. The van der Waals surface area contributed by atoms with Gasteiger partial charge in [0.15, 0.2) is 0 Å². The van der Waals surface area contributed by atoms with Crippen molar-refractivity contribution in [3.63, 3.8) is 0 Å². The van der Waals surface area contributed by atoms with E-state index >= 15 is 0 Å². The van der Waals surface area contributed by atoms with Crippen molar-refractivity contribution in [2.24, 2.45) is 0 Å². The Labute approximate surface area is 276 Å². The Balaban J connectivity index is 1.31. The fourth-order valence-electron chi connectivity index (χ4n) is 7.55. The van der Waals surface area contributed by atoms with Crippen molar-refractivity contribution in [2.75, 3.05) is 0 Å². The molecule has 0 spiro atoms. The third-order valence-corrected chi connectivity index (χ3v) is 12.0. The summed E-state index contributed by atoms with van der Waals surface area (Å²) in [7, 11) is 0. The highest BCUT2D eigenvalue weighted by Crippen LogP contribution is 2.45. The third kappa shape index (κ3) is 3.50. The first-order valence-corrected chi connectivity index (χ1v) is 17.4. The predicted octanol–water partition coefficient (Wildman–Crippen LogP) is 12.3. The third-order valence-electron chi connectivity index (χ3n) is 9.61. The summed E-state index contributed by atoms with van der Waals surface area (Å²) in [5.41, 5.74) is 5.29. The van der Waals surface area contributed by atoms with Crippen LogP contribution in [0.1, 0.15) is 0 Å². The van der Waals surface area contributed by atoms with E-state index in [2.05, 4.69) is 144 Å². The van der Waals surface area contributed by atoms with Crippen LogP contribution in [0.4, 0.5) is 0 Å². The molecule has 0 unspecified atom stereocenters. The maximum atomic E-state index is 5.53. The predicted molar refractivity (Wildman–Crippen MR) is 203 cm³/mol. The summed E-state index contributed by atoms with van der Waals surface area (Å²) >= 11 is 3.71. The minimum absolute atomic E-state index is 0.689. The van der Waals surface area contributed by atoms with Crippen LogP contribution in [0.5, 0.6) is 0 Å². The Morgan fingerprint density at radius 3 is 1.87 bits per heavy atom. The highest BCUT2D eigenvalue weighted by atomic mass is 32.1. The fourth-order valence-corrected chi connectivity index (χ4v) is 10.0. The zero-order valence-electron chi connectivity index (χ0n) is 24.9. The smallest absolute Gasteiger partial charge is 0.235 e. The molecule has 11 rings (SSSR count). The molecule has 47 heavy (non-hydrogen) atoms. The molecule has 0 saturated carbocycles. The van der Waals surface area contributed by atoms with Crippen LogP contribution in [0.25, 0.3) is 101 Å². The molecule has 0 radical (unpaired) electrons. The summed E-state index contributed by atoms with van der Waals surface area (Å²) in [4.78, 5) is 10.8. The van der Waals surface area contributed by atoms with Crippen molar-refractivity contribution in [3.05, 3.63) is 140 Å². The number of hydrogen-bond acceptors (Lipinski definition) is 4. The van der Waals surface area contributed by atoms with Gasteiger partial charge in [-0.05, 0) is 29.7 Å². The highest BCUT2D eigenvalue weighted by Gasteiger charge is 2.22. The molecule has 0 aliphatic rings. The quantitative estimate of drug-likeness (QED) is 0.190. The highest BCUT2D eigenvalue weighted by molar-refractivity contribution is 7.27. The van der Waals surface area contributed by atoms with E-state index in [-0.39, 0.29) is 0 Å². The Kier molecular flexibility index (Phi) is 5.14. The molecule has 0 atom stereocenters. The normalized spacial score (nSPS) is 12.3. The van der Waals surface area contributed by atoms with E-state index in [0.29, 0.717) is 5.95 Å². The minimum Gasteiger partial charge on any atom is -0.277 e. The molecule has 7 aromatic carbocycles. The lowest BCUT2D eigenvalue weighted by Gasteiger charge is -2.13. The molecule has 0 aliphatic heterocycles. The largest absolute Gasteiger partial charge is 0.277 e. The van der Waals surface area contributed by atoms with Gasteiger partial charge in [0, 0.05) is 67.5 Å². The van der Waals surface area contributed by atoms with Crippen molar-refractivity contribution < 1.29 is 0 Å². The molecule has 3 nitrogen and oxygen atoms in total. The molecule has 0 fully saturated rings. The summed E-state index contributed by atoms with van der Waals surface area (Å²) in [5.74, 6) is 0.689. The number of rotatable bonds is 2. The maximum Gasteiger partial charge on any atom is 0.235 e. The van der Waals surface area contributed by atoms with Crippen LogP contribution < -0.4 is 0 Å². The number of benzene rings is 7. The summed E-state index contributed by atoms with van der Waals surface area (Å²) in [6, 6.07) is 50.3. The van der Waals surface area contributed by atoms with Crippen molar-refractivity contribution >= 4 is 106 Å². The summed E-state index contributed by atoms with van der Waals surface area (Å²) in [6.45, 7) is 0. The topological polar surface area (TPSA) is 30.7 Å². The van der Waals surface area contributed by atoms with Gasteiger partial charge >= 0.3 is 0 Å². The number of hydrogen-bond donors (Lipinski definition) is 0. The summed E-state index contributed by atoms with van der Waals surface area (Å²) in [6.07, 6.45) is 0. The molecule has 0 amide bonds. The van der Waals surface area contributed by atoms with Gasteiger partial charge in [-0.25, -0.2) is 9.97 Å². The SMILES string of the molecule is c1ccc2c(-c3cccc4c3sc3ccccc34)nc(-n3c4ccccc4c4ccc5ccc6c7ccccc7sc6c5c43)nc2c1. The Hall–Kier alpha value is -5.62. The van der Waals surface area contributed by atoms with Crippen LogP contribution in [0.15, 0.2) is 140 Å². The first-order chi connectivity index (χ1) is 23.3. The number of nitrogens with zero attached hydrogens (tertiary/aromatic N) is 3. The number of para-hydroxylation sites is 2. The van der Waals surface area contributed by atoms with Crippen LogP contribution in [-0.2, 0) is 0 Å². The molecule has 11 aromatic rings. The van der Waals surface area contributed by atoms with Gasteiger partial charge < -0.3 is 0 Å². The molecule has 4 aromatic heterocycles. The monoisotopic (exact) mass is 633 g/mol. The van der Waals surface area contributed by atoms with Crippen LogP contribution >= 0.6 is 22.7 Å². The van der Waals surface area contributed by atoms with E-state index < -0.39 is 0 Å². The second kappa shape index (κ2) is 9.46. The minimum atomic E-state index is 0.689. The van der Waals surface area contributed by atoms with Crippen LogP contribution in [0, 0.1) is 0 Å². The van der Waals surface area contributed by atoms with Crippen LogP contribution in [-0.4, -0.2) is 14.5 Å². The lowest BCUT2D eigenvalue weighted by atomic mass is 10.0. The molecule has 0 bridgehead atoms. The van der Waals surface area contributed by atoms with E-state index in [0.717, 1.165) is 33.2 Å². The molecular weight excluding hydrogens is 611 g/mol. The van der Waals surface area contributed by atoms with E-state index in [9.17, 15) is 0 Å². The Morgan fingerprint density at radius 1 is 0.447 bits per heavy atom. The standard InChI is InChI=1S/C42H23N3S2/c1-5-16-33-31(13-1)38(32-15-9-14-29-26-11-3-7-18-35(26)46-40(29)32)44-42(43-33)45-34-17-6-2-10-25(34)28-22-20-24-21-23-30-27-12-4-8-19-36(27)47-41(30)37(24)39(28)45/h1-23H. The number of thiophene rings is 2. The van der Waals surface area contributed by atoms with E-state index in [4.69, 9.17) is 9.97 Å². The zero-order chi connectivity index (χ0) is 30.6. The van der Waals surface area contributed by atoms with Gasteiger partial charge in [-0.3, -0.25) is 4.57 Å². The molecular formula is C42H23N3S2. The van der Waals surface area contributed by atoms with Gasteiger partial charge in [0.05, 0.1) is 22.2 Å². The van der Waals surface area contributed by atoms with Gasteiger partial charge in [-0.2, -0.15) is 0 Å². The second-order valence-electron chi connectivity index (χ2n) is 12.1. The molecule has 0 aliphatic carbocycles.